The van der Waals surface area contributed by atoms with Crippen LogP contribution < -0.4 is 5.43 Å². The summed E-state index contributed by atoms with van der Waals surface area (Å²) >= 11 is 1.70. The summed E-state index contributed by atoms with van der Waals surface area (Å²) in [5.74, 6) is -0.122. The van der Waals surface area contributed by atoms with Crippen molar-refractivity contribution < 1.29 is 18.8 Å². The molecular formula is C35H29FN6O3S. The first kappa shape index (κ1) is 29.3. The van der Waals surface area contributed by atoms with Crippen LogP contribution in [0.5, 0.6) is 0 Å². The van der Waals surface area contributed by atoms with E-state index in [0.717, 1.165) is 22.4 Å². The Hall–Kier alpha value is -5.42. The SMILES string of the molecule is CN(C)C(=O)n1cc(C(=O)c2ccn3c2CSC3C2=CN(NC(=O)c3cccnc3)CC=C2)c2ccc(-c3ccc(F)cc3)cc21. The minimum absolute atomic E-state index is 0.0826. The van der Waals surface area contributed by atoms with Crippen LogP contribution in [0, 0.1) is 5.82 Å². The molecule has 5 aromatic rings. The van der Waals surface area contributed by atoms with E-state index < -0.39 is 0 Å². The second kappa shape index (κ2) is 11.8. The van der Waals surface area contributed by atoms with Crippen molar-refractivity contribution in [3.05, 3.63) is 138 Å². The molecule has 0 saturated carbocycles. The summed E-state index contributed by atoms with van der Waals surface area (Å²) in [6, 6.07) is 16.7. The molecule has 0 radical (unpaired) electrons. The largest absolute Gasteiger partial charge is 0.333 e. The maximum atomic E-state index is 14.2. The number of thioether (sulfide) groups is 1. The number of hydrogen-bond acceptors (Lipinski definition) is 6. The fourth-order valence-electron chi connectivity index (χ4n) is 5.80. The second-order valence-electron chi connectivity index (χ2n) is 11.3. The van der Waals surface area contributed by atoms with Crippen molar-refractivity contribution in [1.82, 2.24) is 29.5 Å². The van der Waals surface area contributed by atoms with Crippen molar-refractivity contribution in [3.63, 3.8) is 0 Å². The fourth-order valence-corrected chi connectivity index (χ4v) is 7.11. The highest BCUT2D eigenvalue weighted by Gasteiger charge is 2.31. The third-order valence-electron chi connectivity index (χ3n) is 8.09. The lowest BCUT2D eigenvalue weighted by Gasteiger charge is -2.26. The number of pyridine rings is 1. The van der Waals surface area contributed by atoms with E-state index in [1.165, 1.54) is 27.8 Å². The highest BCUT2D eigenvalue weighted by atomic mass is 32.2. The number of carbonyl (C=O) groups is 3. The minimum Gasteiger partial charge on any atom is -0.333 e. The van der Waals surface area contributed by atoms with E-state index >= 15 is 0 Å². The number of fused-ring (bicyclic) bond motifs is 2. The summed E-state index contributed by atoms with van der Waals surface area (Å²) in [4.78, 5) is 45.6. The van der Waals surface area contributed by atoms with Gasteiger partial charge in [0.1, 0.15) is 11.2 Å². The van der Waals surface area contributed by atoms with Gasteiger partial charge in [0.05, 0.1) is 17.6 Å². The third-order valence-corrected chi connectivity index (χ3v) is 9.34. The Morgan fingerprint density at radius 2 is 1.83 bits per heavy atom. The number of halogens is 1. The lowest BCUT2D eigenvalue weighted by Crippen LogP contribution is -2.40. The van der Waals surface area contributed by atoms with E-state index in [1.54, 1.807) is 67.5 Å². The van der Waals surface area contributed by atoms with Crippen LogP contribution in [-0.4, -0.2) is 62.4 Å². The maximum absolute atomic E-state index is 14.2. The van der Waals surface area contributed by atoms with Crippen LogP contribution in [0.25, 0.3) is 22.0 Å². The number of aromatic nitrogens is 3. The molecular weight excluding hydrogens is 603 g/mol. The molecule has 230 valence electrons. The van der Waals surface area contributed by atoms with Gasteiger partial charge in [0.2, 0.25) is 0 Å². The molecule has 2 amide bonds. The van der Waals surface area contributed by atoms with Crippen molar-refractivity contribution in [1.29, 1.82) is 0 Å². The molecule has 1 unspecified atom stereocenters. The maximum Gasteiger partial charge on any atom is 0.328 e. The molecule has 7 rings (SSSR count). The zero-order valence-corrected chi connectivity index (χ0v) is 25.9. The van der Waals surface area contributed by atoms with Crippen molar-refractivity contribution >= 4 is 40.4 Å². The molecule has 0 fully saturated rings. The van der Waals surface area contributed by atoms with Gasteiger partial charge in [-0.05, 0) is 47.5 Å². The number of benzene rings is 2. The van der Waals surface area contributed by atoms with Gasteiger partial charge in [-0.2, -0.15) is 0 Å². The minimum atomic E-state index is -0.329. The summed E-state index contributed by atoms with van der Waals surface area (Å²) in [7, 11) is 3.33. The van der Waals surface area contributed by atoms with Crippen molar-refractivity contribution in [3.8, 4) is 11.1 Å². The molecule has 9 nitrogen and oxygen atoms in total. The van der Waals surface area contributed by atoms with Crippen LogP contribution in [0.3, 0.4) is 0 Å². The highest BCUT2D eigenvalue weighted by molar-refractivity contribution is 7.99. The predicted octanol–water partition coefficient (Wildman–Crippen LogP) is 6.25. The molecule has 3 aromatic heterocycles. The number of ketones is 1. The molecule has 0 spiro atoms. The normalized spacial score (nSPS) is 15.5. The summed E-state index contributed by atoms with van der Waals surface area (Å²) in [6.45, 7) is 0.522. The molecule has 1 N–H and O–H groups in total. The van der Waals surface area contributed by atoms with Crippen LogP contribution in [0.2, 0.25) is 0 Å². The molecule has 2 aromatic carbocycles. The first-order valence-electron chi connectivity index (χ1n) is 14.6. The van der Waals surface area contributed by atoms with E-state index in [1.807, 2.05) is 48.8 Å². The Balaban J connectivity index is 1.19. The zero-order valence-electron chi connectivity index (χ0n) is 25.1. The summed E-state index contributed by atoms with van der Waals surface area (Å²) in [5, 5.41) is 2.32. The molecule has 1 atom stereocenters. The van der Waals surface area contributed by atoms with Gasteiger partial charge in [-0.25, -0.2) is 9.18 Å². The smallest absolute Gasteiger partial charge is 0.328 e. The molecule has 2 aliphatic rings. The van der Waals surface area contributed by atoms with E-state index in [2.05, 4.69) is 15.0 Å². The lowest BCUT2D eigenvalue weighted by molar-refractivity contribution is 0.0859. The van der Waals surface area contributed by atoms with Gasteiger partial charge in [-0.15, -0.1) is 11.8 Å². The van der Waals surface area contributed by atoms with Crippen LogP contribution >= 0.6 is 11.8 Å². The number of carbonyl (C=O) groups excluding carboxylic acids is 3. The van der Waals surface area contributed by atoms with E-state index in [9.17, 15) is 18.8 Å². The number of allylic oxidation sites excluding steroid dienone is 1. The number of nitrogens with one attached hydrogen (secondary N) is 1. The van der Waals surface area contributed by atoms with Crippen LogP contribution in [0.15, 0.2) is 109 Å². The Bertz CT molecular complexity index is 2060. The van der Waals surface area contributed by atoms with Crippen LogP contribution in [0.1, 0.15) is 37.3 Å². The van der Waals surface area contributed by atoms with Crippen molar-refractivity contribution in [2.24, 2.45) is 0 Å². The summed E-state index contributed by atoms with van der Waals surface area (Å²) in [6.07, 6.45) is 12.6. The Kier molecular flexibility index (Phi) is 7.53. The van der Waals surface area contributed by atoms with Gasteiger partial charge >= 0.3 is 6.03 Å². The molecule has 0 saturated heterocycles. The van der Waals surface area contributed by atoms with Gasteiger partial charge in [-0.3, -0.25) is 29.6 Å². The molecule has 11 heteroatoms. The molecule has 0 aliphatic carbocycles. The Labute approximate surface area is 268 Å². The predicted molar refractivity (Wildman–Crippen MR) is 176 cm³/mol. The number of hydrazine groups is 1. The lowest BCUT2D eigenvalue weighted by atomic mass is 10.00. The highest BCUT2D eigenvalue weighted by Crippen LogP contribution is 2.44. The number of rotatable bonds is 6. The van der Waals surface area contributed by atoms with E-state index in [4.69, 9.17) is 0 Å². The topological polar surface area (TPSA) is 92.5 Å². The van der Waals surface area contributed by atoms with Crippen molar-refractivity contribution in [2.75, 3.05) is 20.6 Å². The first-order valence-corrected chi connectivity index (χ1v) is 15.7. The van der Waals surface area contributed by atoms with Gasteiger partial charge in [0.25, 0.3) is 5.91 Å². The standard InChI is InChI=1S/C35H29FN6O3S/c1-39(2)35(45)42-20-29(27-12-9-23(17-30(27)42)22-7-10-26(36)11-8-22)32(43)28-13-16-41-31(28)21-46-34(41)25-6-4-15-40(19-25)38-33(44)24-5-3-14-37-18-24/h3-14,16-20,34H,15,21H2,1-2H3,(H,38,44). The molecule has 0 bridgehead atoms. The Morgan fingerprint density at radius 1 is 1.02 bits per heavy atom. The molecule has 5 heterocycles. The fraction of sp³-hybridized carbons (Fsp3) is 0.143. The number of nitrogens with zero attached hydrogens (tertiary/aromatic N) is 5. The van der Waals surface area contributed by atoms with Gasteiger partial charge in [0.15, 0.2) is 5.78 Å². The summed E-state index contributed by atoms with van der Waals surface area (Å²) in [5.41, 5.74) is 8.48. The quantitative estimate of drug-likeness (QED) is 0.223. The van der Waals surface area contributed by atoms with E-state index in [-0.39, 0.29) is 28.9 Å². The third kappa shape index (κ3) is 5.28. The first-order chi connectivity index (χ1) is 22.3. The molecule has 2 aliphatic heterocycles. The summed E-state index contributed by atoms with van der Waals surface area (Å²) < 4.78 is 17.2. The number of hydrogen-bond donors (Lipinski definition) is 1. The van der Waals surface area contributed by atoms with Gasteiger partial charge < -0.3 is 9.47 Å². The zero-order chi connectivity index (χ0) is 31.9. The second-order valence-corrected chi connectivity index (χ2v) is 12.3. The Morgan fingerprint density at radius 3 is 2.59 bits per heavy atom. The monoisotopic (exact) mass is 632 g/mol. The van der Waals surface area contributed by atoms with Crippen molar-refractivity contribution in [2.45, 2.75) is 11.1 Å². The average molecular weight is 633 g/mol. The van der Waals surface area contributed by atoms with Gasteiger partial charge in [-0.1, -0.05) is 36.4 Å². The number of amides is 2. The van der Waals surface area contributed by atoms with Gasteiger partial charge in [0, 0.05) is 78.6 Å². The molecule has 46 heavy (non-hydrogen) atoms. The van der Waals surface area contributed by atoms with Crippen LogP contribution in [-0.2, 0) is 5.75 Å². The van der Waals surface area contributed by atoms with E-state index in [0.29, 0.717) is 39.9 Å². The average Bonchev–Trinajstić information content (AvgIpc) is 3.79. The van der Waals surface area contributed by atoms with Crippen LogP contribution in [0.4, 0.5) is 9.18 Å².